The molecule has 0 N–H and O–H groups in total. The Morgan fingerprint density at radius 3 is 2.63 bits per heavy atom. The molecule has 1 aliphatic carbocycles. The molecule has 1 aromatic rings. The monoisotopic (exact) mass is 303 g/mol. The predicted molar refractivity (Wildman–Crippen MR) is 66.8 cm³/mol. The van der Waals surface area contributed by atoms with Crippen LogP contribution in [-0.2, 0) is 9.05 Å². The lowest BCUT2D eigenvalue weighted by Crippen LogP contribution is -2.13. The highest BCUT2D eigenvalue weighted by Crippen LogP contribution is 2.48. The fraction of sp³-hybridized carbons (Fsp3) is 0.417. The molecular formula is C12H11ClFNO3S. The van der Waals surface area contributed by atoms with Gasteiger partial charge >= 0.3 is 0 Å². The molecule has 1 fully saturated rings. The first-order chi connectivity index (χ1) is 8.86. The molecule has 102 valence electrons. The molecule has 0 amide bonds. The maximum absolute atomic E-state index is 13.6. The van der Waals surface area contributed by atoms with E-state index in [-0.39, 0.29) is 22.7 Å². The van der Waals surface area contributed by atoms with Gasteiger partial charge in [-0.1, -0.05) is 0 Å². The Bertz CT molecular complexity index is 635. The Morgan fingerprint density at radius 1 is 1.47 bits per heavy atom. The molecule has 0 radical (unpaired) electrons. The first-order valence-corrected chi connectivity index (χ1v) is 7.91. The predicted octanol–water partition coefficient (Wildman–Crippen LogP) is 2.83. The molecule has 1 saturated carbocycles. The third kappa shape index (κ3) is 3.37. The van der Waals surface area contributed by atoms with Gasteiger partial charge in [0.1, 0.15) is 0 Å². The number of hydrogen-bond donors (Lipinski definition) is 0. The van der Waals surface area contributed by atoms with E-state index in [2.05, 4.69) is 6.07 Å². The second-order valence-corrected chi connectivity index (χ2v) is 7.22. The summed E-state index contributed by atoms with van der Waals surface area (Å²) in [5.74, 6) is -0.817. The van der Waals surface area contributed by atoms with E-state index < -0.39 is 14.9 Å². The standard InChI is InChI=1S/C12H11ClFNO3S/c13-19(16,17)9-1-2-11(10(14)7-9)18-8-12(3-4-12)5-6-15/h1-2,7H,3-5,8H2. The van der Waals surface area contributed by atoms with Gasteiger partial charge in [0.15, 0.2) is 11.6 Å². The first-order valence-electron chi connectivity index (χ1n) is 5.60. The number of hydrogen-bond acceptors (Lipinski definition) is 4. The Hall–Kier alpha value is -1.32. The summed E-state index contributed by atoms with van der Waals surface area (Å²) in [4.78, 5) is -0.308. The fourth-order valence-electron chi connectivity index (χ4n) is 1.70. The van der Waals surface area contributed by atoms with Gasteiger partial charge in [0.05, 0.1) is 17.6 Å². The van der Waals surface area contributed by atoms with Crippen LogP contribution in [0.25, 0.3) is 0 Å². The summed E-state index contributed by atoms with van der Waals surface area (Å²) in [5, 5.41) is 8.66. The summed E-state index contributed by atoms with van der Waals surface area (Å²) >= 11 is 0. The maximum atomic E-state index is 13.6. The van der Waals surface area contributed by atoms with E-state index in [1.807, 2.05) is 0 Å². The summed E-state index contributed by atoms with van der Waals surface area (Å²) < 4.78 is 41.0. The van der Waals surface area contributed by atoms with Crippen LogP contribution < -0.4 is 4.74 Å². The van der Waals surface area contributed by atoms with Crippen molar-refractivity contribution in [1.82, 2.24) is 0 Å². The molecule has 1 aliphatic rings. The molecule has 19 heavy (non-hydrogen) atoms. The van der Waals surface area contributed by atoms with E-state index in [1.54, 1.807) is 0 Å². The summed E-state index contributed by atoms with van der Waals surface area (Å²) in [7, 11) is 1.16. The van der Waals surface area contributed by atoms with Gasteiger partial charge in [0.2, 0.25) is 0 Å². The molecule has 0 aliphatic heterocycles. The van der Waals surface area contributed by atoms with Gasteiger partial charge in [-0.05, 0) is 31.0 Å². The summed E-state index contributed by atoms with van der Waals surface area (Å²) in [6.07, 6.45) is 2.15. The van der Waals surface area contributed by atoms with Crippen LogP contribution in [0.4, 0.5) is 4.39 Å². The van der Waals surface area contributed by atoms with Crippen LogP contribution in [0.15, 0.2) is 23.1 Å². The lowest BCUT2D eigenvalue weighted by Gasteiger charge is -2.13. The van der Waals surface area contributed by atoms with Gasteiger partial charge in [-0.15, -0.1) is 0 Å². The third-order valence-corrected chi connectivity index (χ3v) is 4.48. The van der Waals surface area contributed by atoms with Gasteiger partial charge in [-0.2, -0.15) is 5.26 Å². The van der Waals surface area contributed by atoms with Gasteiger partial charge < -0.3 is 4.74 Å². The molecule has 0 unspecified atom stereocenters. The van der Waals surface area contributed by atoms with Crippen LogP contribution in [0, 0.1) is 22.6 Å². The molecule has 0 saturated heterocycles. The molecule has 7 heteroatoms. The second kappa shape index (κ2) is 4.99. The lowest BCUT2D eigenvalue weighted by molar-refractivity contribution is 0.227. The van der Waals surface area contributed by atoms with Crippen molar-refractivity contribution in [3.8, 4) is 11.8 Å². The number of ether oxygens (including phenoxy) is 1. The normalized spacial score (nSPS) is 16.7. The molecule has 4 nitrogen and oxygen atoms in total. The molecule has 0 spiro atoms. The minimum Gasteiger partial charge on any atom is -0.490 e. The van der Waals surface area contributed by atoms with Gasteiger partial charge in [0, 0.05) is 22.5 Å². The van der Waals surface area contributed by atoms with Crippen molar-refractivity contribution in [3.05, 3.63) is 24.0 Å². The molecular weight excluding hydrogens is 293 g/mol. The molecule has 0 atom stereocenters. The van der Waals surface area contributed by atoms with E-state index in [4.69, 9.17) is 20.7 Å². The van der Waals surface area contributed by atoms with Crippen LogP contribution in [0.2, 0.25) is 0 Å². The van der Waals surface area contributed by atoms with Gasteiger partial charge in [-0.3, -0.25) is 0 Å². The van der Waals surface area contributed by atoms with Crippen LogP contribution in [-0.4, -0.2) is 15.0 Å². The van der Waals surface area contributed by atoms with Crippen molar-refractivity contribution in [2.75, 3.05) is 6.61 Å². The Kier molecular flexibility index (Phi) is 3.70. The number of benzene rings is 1. The van der Waals surface area contributed by atoms with Gasteiger partial charge in [-0.25, -0.2) is 12.8 Å². The van der Waals surface area contributed by atoms with Crippen molar-refractivity contribution in [1.29, 1.82) is 5.26 Å². The second-order valence-electron chi connectivity index (χ2n) is 4.65. The minimum atomic E-state index is -3.95. The highest BCUT2D eigenvalue weighted by Gasteiger charge is 2.43. The van der Waals surface area contributed by atoms with E-state index >= 15 is 0 Å². The Morgan fingerprint density at radius 2 is 2.16 bits per heavy atom. The maximum Gasteiger partial charge on any atom is 0.261 e. The topological polar surface area (TPSA) is 67.2 Å². The largest absolute Gasteiger partial charge is 0.490 e. The van der Waals surface area contributed by atoms with E-state index in [1.165, 1.54) is 12.1 Å². The lowest BCUT2D eigenvalue weighted by atomic mass is 10.1. The highest BCUT2D eigenvalue weighted by molar-refractivity contribution is 8.13. The van der Waals surface area contributed by atoms with Crippen LogP contribution >= 0.6 is 10.7 Å². The van der Waals surface area contributed by atoms with Crippen molar-refractivity contribution in [3.63, 3.8) is 0 Å². The fourth-order valence-corrected chi connectivity index (χ4v) is 2.46. The highest BCUT2D eigenvalue weighted by atomic mass is 35.7. The first kappa shape index (κ1) is 14.1. The Balaban J connectivity index is 2.09. The zero-order valence-corrected chi connectivity index (χ0v) is 11.5. The molecule has 2 rings (SSSR count). The van der Waals surface area contributed by atoms with E-state index in [0.717, 1.165) is 18.9 Å². The van der Waals surface area contributed by atoms with Crippen molar-refractivity contribution < 1.29 is 17.5 Å². The zero-order valence-electron chi connectivity index (χ0n) is 9.90. The SMILES string of the molecule is N#CCC1(COc2ccc(S(=O)(=O)Cl)cc2F)CC1. The Labute approximate surface area is 115 Å². The molecule has 0 heterocycles. The zero-order chi connectivity index (χ0) is 14.1. The van der Waals surface area contributed by atoms with Gasteiger partial charge in [0.25, 0.3) is 9.05 Å². The van der Waals surface area contributed by atoms with E-state index in [9.17, 15) is 12.8 Å². The summed E-state index contributed by atoms with van der Waals surface area (Å²) in [6.45, 7) is 0.254. The average Bonchev–Trinajstić information content (AvgIpc) is 3.07. The summed E-state index contributed by atoms with van der Waals surface area (Å²) in [6, 6.07) is 5.32. The van der Waals surface area contributed by atoms with E-state index in [0.29, 0.717) is 6.42 Å². The van der Waals surface area contributed by atoms with Crippen LogP contribution in [0.1, 0.15) is 19.3 Å². The quantitative estimate of drug-likeness (QED) is 0.784. The van der Waals surface area contributed by atoms with Crippen LogP contribution in [0.3, 0.4) is 0 Å². The number of rotatable bonds is 5. The molecule has 0 bridgehead atoms. The summed E-state index contributed by atoms with van der Waals surface area (Å²) in [5.41, 5.74) is -0.168. The number of nitrogens with zero attached hydrogens (tertiary/aromatic N) is 1. The number of halogens is 2. The smallest absolute Gasteiger partial charge is 0.261 e. The average molecular weight is 304 g/mol. The third-order valence-electron chi connectivity index (χ3n) is 3.13. The number of nitriles is 1. The van der Waals surface area contributed by atoms with Crippen molar-refractivity contribution >= 4 is 19.7 Å². The minimum absolute atomic E-state index is 0.0340. The molecule has 1 aromatic carbocycles. The van der Waals surface area contributed by atoms with Crippen LogP contribution in [0.5, 0.6) is 5.75 Å². The van der Waals surface area contributed by atoms with Crippen molar-refractivity contribution in [2.24, 2.45) is 5.41 Å². The molecule has 0 aromatic heterocycles. The van der Waals surface area contributed by atoms with Crippen molar-refractivity contribution in [2.45, 2.75) is 24.2 Å².